The highest BCUT2D eigenvalue weighted by atomic mass is 16.5. The highest BCUT2D eigenvalue weighted by molar-refractivity contribution is 5.80. The lowest BCUT2D eigenvalue weighted by Gasteiger charge is -2.32. The third-order valence-corrected chi connectivity index (χ3v) is 5.53. The Morgan fingerprint density at radius 2 is 2.00 bits per heavy atom. The first-order chi connectivity index (χ1) is 13.3. The maximum absolute atomic E-state index is 5.48. The summed E-state index contributed by atoms with van der Waals surface area (Å²) in [6.07, 6.45) is 2.34. The van der Waals surface area contributed by atoms with Crippen molar-refractivity contribution in [2.75, 3.05) is 66.6 Å². The van der Waals surface area contributed by atoms with Gasteiger partial charge in [0.15, 0.2) is 5.96 Å². The molecule has 2 fully saturated rings. The predicted octanol–water partition coefficient (Wildman–Crippen LogP) is 1.49. The summed E-state index contributed by atoms with van der Waals surface area (Å²) in [6.45, 7) is 9.10. The van der Waals surface area contributed by atoms with Crippen molar-refractivity contribution in [1.29, 1.82) is 0 Å². The van der Waals surface area contributed by atoms with Crippen LogP contribution in [0.25, 0.3) is 0 Å². The standard InChI is InChI=1S/C21H35N5O/c1-22-21(26-12-9-20(18-26)25-13-15-27-16-14-25)23-10-6-11-24(2)17-19-7-4-3-5-8-19/h3-5,7-8,20H,6,9-18H2,1-2H3,(H,22,23). The Hall–Kier alpha value is -1.63. The number of nitrogens with one attached hydrogen (secondary N) is 1. The van der Waals surface area contributed by atoms with Gasteiger partial charge in [-0.2, -0.15) is 0 Å². The molecule has 2 aliphatic rings. The molecule has 2 saturated heterocycles. The van der Waals surface area contributed by atoms with Gasteiger partial charge in [-0.1, -0.05) is 30.3 Å². The summed E-state index contributed by atoms with van der Waals surface area (Å²) in [6, 6.07) is 11.3. The fourth-order valence-electron chi connectivity index (χ4n) is 4.03. The number of likely N-dealkylation sites (tertiary alicyclic amines) is 1. The van der Waals surface area contributed by atoms with E-state index in [-0.39, 0.29) is 0 Å². The molecule has 1 atom stereocenters. The van der Waals surface area contributed by atoms with Crippen LogP contribution in [0.1, 0.15) is 18.4 Å². The van der Waals surface area contributed by atoms with Crippen LogP contribution >= 0.6 is 0 Å². The largest absolute Gasteiger partial charge is 0.379 e. The molecule has 2 aliphatic heterocycles. The lowest BCUT2D eigenvalue weighted by molar-refractivity contribution is 0.0195. The van der Waals surface area contributed by atoms with Crippen LogP contribution in [0.4, 0.5) is 0 Å². The van der Waals surface area contributed by atoms with E-state index in [1.807, 2.05) is 7.05 Å². The van der Waals surface area contributed by atoms with Gasteiger partial charge >= 0.3 is 0 Å². The number of hydrogen-bond acceptors (Lipinski definition) is 4. The van der Waals surface area contributed by atoms with Gasteiger partial charge < -0.3 is 19.9 Å². The quantitative estimate of drug-likeness (QED) is 0.446. The van der Waals surface area contributed by atoms with Crippen LogP contribution in [0.15, 0.2) is 35.3 Å². The Kier molecular flexibility index (Phi) is 7.93. The minimum absolute atomic E-state index is 0.643. The van der Waals surface area contributed by atoms with Gasteiger partial charge in [-0.25, -0.2) is 0 Å². The number of aliphatic imine (C=N–C) groups is 1. The molecule has 0 aliphatic carbocycles. The minimum Gasteiger partial charge on any atom is -0.379 e. The first-order valence-corrected chi connectivity index (χ1v) is 10.3. The highest BCUT2D eigenvalue weighted by Crippen LogP contribution is 2.17. The van der Waals surface area contributed by atoms with E-state index in [2.05, 4.69) is 62.4 Å². The van der Waals surface area contributed by atoms with Crippen LogP contribution in [0.5, 0.6) is 0 Å². The molecular formula is C21H35N5O. The van der Waals surface area contributed by atoms with Crippen molar-refractivity contribution in [3.8, 4) is 0 Å². The van der Waals surface area contributed by atoms with Gasteiger partial charge in [0.2, 0.25) is 0 Å². The van der Waals surface area contributed by atoms with Crippen LogP contribution in [-0.2, 0) is 11.3 Å². The Bertz CT molecular complexity index is 573. The number of ether oxygens (including phenoxy) is 1. The molecule has 1 aromatic carbocycles. The predicted molar refractivity (Wildman–Crippen MR) is 111 cm³/mol. The summed E-state index contributed by atoms with van der Waals surface area (Å²) in [4.78, 5) is 11.9. The first kappa shape index (κ1) is 20.1. The number of rotatable bonds is 7. The van der Waals surface area contributed by atoms with E-state index in [9.17, 15) is 0 Å². The fourth-order valence-corrected chi connectivity index (χ4v) is 4.03. The molecule has 3 rings (SSSR count). The summed E-state index contributed by atoms with van der Waals surface area (Å²) >= 11 is 0. The average Bonchev–Trinajstić information content (AvgIpc) is 3.19. The van der Waals surface area contributed by atoms with Gasteiger partial charge in [-0.05, 0) is 32.0 Å². The van der Waals surface area contributed by atoms with Crippen molar-refractivity contribution < 1.29 is 4.74 Å². The monoisotopic (exact) mass is 373 g/mol. The van der Waals surface area contributed by atoms with Crippen molar-refractivity contribution >= 4 is 5.96 Å². The second-order valence-corrected chi connectivity index (χ2v) is 7.59. The molecule has 2 heterocycles. The summed E-state index contributed by atoms with van der Waals surface area (Å²) < 4.78 is 5.48. The molecule has 0 saturated carbocycles. The van der Waals surface area contributed by atoms with Gasteiger partial charge in [0.05, 0.1) is 13.2 Å². The van der Waals surface area contributed by atoms with E-state index in [0.717, 1.165) is 71.4 Å². The maximum atomic E-state index is 5.48. The van der Waals surface area contributed by atoms with E-state index in [1.165, 1.54) is 12.0 Å². The van der Waals surface area contributed by atoms with Gasteiger partial charge in [-0.15, -0.1) is 0 Å². The molecule has 0 spiro atoms. The number of benzene rings is 1. The van der Waals surface area contributed by atoms with Crippen molar-refractivity contribution in [3.63, 3.8) is 0 Å². The van der Waals surface area contributed by atoms with Crippen LogP contribution in [0.2, 0.25) is 0 Å². The zero-order valence-corrected chi connectivity index (χ0v) is 16.9. The number of hydrogen-bond donors (Lipinski definition) is 1. The van der Waals surface area contributed by atoms with Crippen LogP contribution in [-0.4, -0.2) is 93.3 Å². The molecule has 27 heavy (non-hydrogen) atoms. The van der Waals surface area contributed by atoms with Crippen molar-refractivity contribution in [3.05, 3.63) is 35.9 Å². The molecule has 0 amide bonds. The lowest BCUT2D eigenvalue weighted by atomic mass is 10.2. The van der Waals surface area contributed by atoms with Crippen LogP contribution in [0, 0.1) is 0 Å². The van der Waals surface area contributed by atoms with E-state index < -0.39 is 0 Å². The Labute approximate surface area is 164 Å². The smallest absolute Gasteiger partial charge is 0.193 e. The number of guanidine groups is 1. The highest BCUT2D eigenvalue weighted by Gasteiger charge is 2.30. The van der Waals surface area contributed by atoms with E-state index in [4.69, 9.17) is 4.74 Å². The molecule has 1 aromatic rings. The molecule has 0 radical (unpaired) electrons. The summed E-state index contributed by atoms with van der Waals surface area (Å²) in [7, 11) is 4.08. The second-order valence-electron chi connectivity index (χ2n) is 7.59. The third-order valence-electron chi connectivity index (χ3n) is 5.53. The average molecular weight is 374 g/mol. The molecule has 6 nitrogen and oxygen atoms in total. The van der Waals surface area contributed by atoms with E-state index >= 15 is 0 Å². The molecule has 0 bridgehead atoms. The summed E-state index contributed by atoms with van der Waals surface area (Å²) in [5, 5.41) is 3.56. The van der Waals surface area contributed by atoms with Crippen molar-refractivity contribution in [2.24, 2.45) is 4.99 Å². The van der Waals surface area contributed by atoms with Crippen molar-refractivity contribution in [1.82, 2.24) is 20.0 Å². The van der Waals surface area contributed by atoms with Crippen molar-refractivity contribution in [2.45, 2.75) is 25.4 Å². The molecule has 6 heteroatoms. The van der Waals surface area contributed by atoms with Gasteiger partial charge in [-0.3, -0.25) is 9.89 Å². The SMILES string of the molecule is CN=C(NCCCN(C)Cc1ccccc1)N1CCC(N2CCOCC2)C1. The topological polar surface area (TPSA) is 43.3 Å². The lowest BCUT2D eigenvalue weighted by Crippen LogP contribution is -2.46. The van der Waals surface area contributed by atoms with Crippen LogP contribution < -0.4 is 5.32 Å². The summed E-state index contributed by atoms with van der Waals surface area (Å²) in [5.41, 5.74) is 1.37. The Morgan fingerprint density at radius 1 is 1.22 bits per heavy atom. The van der Waals surface area contributed by atoms with E-state index in [1.54, 1.807) is 0 Å². The van der Waals surface area contributed by atoms with Crippen LogP contribution in [0.3, 0.4) is 0 Å². The minimum atomic E-state index is 0.643. The van der Waals surface area contributed by atoms with Gasteiger partial charge in [0, 0.05) is 52.4 Å². The second kappa shape index (κ2) is 10.6. The molecule has 1 N–H and O–H groups in total. The zero-order valence-electron chi connectivity index (χ0n) is 16.9. The molecule has 1 unspecified atom stereocenters. The first-order valence-electron chi connectivity index (χ1n) is 10.3. The zero-order chi connectivity index (χ0) is 18.9. The molecule has 0 aromatic heterocycles. The van der Waals surface area contributed by atoms with Gasteiger partial charge in [0.1, 0.15) is 0 Å². The number of morpholine rings is 1. The Morgan fingerprint density at radius 3 is 2.74 bits per heavy atom. The van der Waals surface area contributed by atoms with E-state index in [0.29, 0.717) is 6.04 Å². The summed E-state index contributed by atoms with van der Waals surface area (Å²) in [5.74, 6) is 1.05. The third kappa shape index (κ3) is 6.19. The Balaban J connectivity index is 1.34. The van der Waals surface area contributed by atoms with Gasteiger partial charge in [0.25, 0.3) is 0 Å². The number of nitrogens with zero attached hydrogens (tertiary/aromatic N) is 4. The maximum Gasteiger partial charge on any atom is 0.193 e. The normalized spacial score (nSPS) is 21.8. The molecular weight excluding hydrogens is 338 g/mol. The molecule has 150 valence electrons. The fraction of sp³-hybridized carbons (Fsp3) is 0.667.